The summed E-state index contributed by atoms with van der Waals surface area (Å²) in [7, 11) is 0. The van der Waals surface area contributed by atoms with E-state index in [9.17, 15) is 13.6 Å². The molecule has 0 radical (unpaired) electrons. The molecule has 0 bridgehead atoms. The number of halogens is 3. The van der Waals surface area contributed by atoms with E-state index in [4.69, 9.17) is 0 Å². The molecule has 1 nitrogen and oxygen atoms in total. The van der Waals surface area contributed by atoms with Crippen molar-refractivity contribution in [1.82, 2.24) is 0 Å². The molecule has 2 rings (SSSR count). The Hall–Kier alpha value is -0.770. The normalized spacial score (nSPS) is 17.8. The third kappa shape index (κ3) is 3.62. The van der Waals surface area contributed by atoms with Crippen LogP contribution in [0.3, 0.4) is 0 Å². The summed E-state index contributed by atoms with van der Waals surface area (Å²) in [5, 5.41) is 0. The summed E-state index contributed by atoms with van der Waals surface area (Å²) in [5.74, 6) is -1.63. The molecule has 19 heavy (non-hydrogen) atoms. The third-order valence-electron chi connectivity index (χ3n) is 3.75. The van der Waals surface area contributed by atoms with E-state index in [1.54, 1.807) is 0 Å². The van der Waals surface area contributed by atoms with Crippen molar-refractivity contribution in [2.45, 2.75) is 44.9 Å². The Bertz CT molecular complexity index is 465. The van der Waals surface area contributed by atoms with Gasteiger partial charge in [-0.2, -0.15) is 0 Å². The maximum Gasteiger partial charge on any atom is 0.168 e. The first-order chi connectivity index (χ1) is 9.09. The second-order valence-corrected chi connectivity index (χ2v) is 6.01. The SMILES string of the molecule is O=C(c1cc(F)c(Br)cc1F)C1CCCCCCC1. The molecule has 0 saturated heterocycles. The van der Waals surface area contributed by atoms with Gasteiger partial charge in [-0.1, -0.05) is 32.1 Å². The molecule has 1 aliphatic carbocycles. The summed E-state index contributed by atoms with van der Waals surface area (Å²) >= 11 is 2.92. The Morgan fingerprint density at radius 3 is 2.21 bits per heavy atom. The van der Waals surface area contributed by atoms with Crippen LogP contribution in [0.5, 0.6) is 0 Å². The molecule has 0 heterocycles. The zero-order valence-corrected chi connectivity index (χ0v) is 12.3. The van der Waals surface area contributed by atoms with Gasteiger partial charge in [0.05, 0.1) is 10.0 Å². The predicted octanol–water partition coefficient (Wildman–Crippen LogP) is 5.27. The molecule has 0 aliphatic heterocycles. The van der Waals surface area contributed by atoms with Crippen molar-refractivity contribution in [3.8, 4) is 0 Å². The summed E-state index contributed by atoms with van der Waals surface area (Å²) in [4.78, 5) is 12.3. The molecule has 1 aromatic rings. The van der Waals surface area contributed by atoms with Crippen molar-refractivity contribution >= 4 is 21.7 Å². The number of rotatable bonds is 2. The van der Waals surface area contributed by atoms with Crippen LogP contribution in [-0.4, -0.2) is 5.78 Å². The molecule has 1 aromatic carbocycles. The summed E-state index contributed by atoms with van der Waals surface area (Å²) in [6.07, 6.45) is 7.03. The Morgan fingerprint density at radius 2 is 1.58 bits per heavy atom. The quantitative estimate of drug-likeness (QED) is 0.533. The fourth-order valence-electron chi connectivity index (χ4n) is 2.65. The number of hydrogen-bond donors (Lipinski definition) is 0. The van der Waals surface area contributed by atoms with Crippen LogP contribution in [0.15, 0.2) is 16.6 Å². The highest BCUT2D eigenvalue weighted by Crippen LogP contribution is 2.28. The van der Waals surface area contributed by atoms with Crippen molar-refractivity contribution in [2.24, 2.45) is 5.92 Å². The molecule has 4 heteroatoms. The van der Waals surface area contributed by atoms with Crippen LogP contribution in [0.4, 0.5) is 8.78 Å². The van der Waals surface area contributed by atoms with Gasteiger partial charge in [0.2, 0.25) is 0 Å². The second-order valence-electron chi connectivity index (χ2n) is 5.15. The fourth-order valence-corrected chi connectivity index (χ4v) is 2.97. The molecule has 0 N–H and O–H groups in total. The van der Waals surface area contributed by atoms with E-state index in [2.05, 4.69) is 15.9 Å². The van der Waals surface area contributed by atoms with Crippen molar-refractivity contribution < 1.29 is 13.6 Å². The van der Waals surface area contributed by atoms with E-state index < -0.39 is 11.6 Å². The topological polar surface area (TPSA) is 17.1 Å². The minimum Gasteiger partial charge on any atom is -0.294 e. The van der Waals surface area contributed by atoms with Crippen LogP contribution < -0.4 is 0 Å². The summed E-state index contributed by atoms with van der Waals surface area (Å²) in [6.45, 7) is 0. The third-order valence-corrected chi connectivity index (χ3v) is 4.36. The molecule has 0 aromatic heterocycles. The van der Waals surface area contributed by atoms with E-state index in [-0.39, 0.29) is 21.7 Å². The molecular formula is C15H17BrF2O. The van der Waals surface area contributed by atoms with Crippen LogP contribution >= 0.6 is 15.9 Å². The number of Topliss-reactive ketones (excluding diaryl/α,β-unsaturated/α-hetero) is 1. The second kappa shape index (κ2) is 6.60. The highest BCUT2D eigenvalue weighted by molar-refractivity contribution is 9.10. The van der Waals surface area contributed by atoms with E-state index in [1.165, 1.54) is 6.42 Å². The number of carbonyl (C=O) groups is 1. The van der Waals surface area contributed by atoms with Gasteiger partial charge in [-0.25, -0.2) is 8.78 Å². The Morgan fingerprint density at radius 1 is 1.00 bits per heavy atom. The van der Waals surface area contributed by atoms with Gasteiger partial charge in [-0.3, -0.25) is 4.79 Å². The van der Waals surface area contributed by atoms with Gasteiger partial charge in [-0.05, 0) is 40.9 Å². The van der Waals surface area contributed by atoms with Crippen molar-refractivity contribution in [3.05, 3.63) is 33.8 Å². The fraction of sp³-hybridized carbons (Fsp3) is 0.533. The lowest BCUT2D eigenvalue weighted by atomic mass is 9.85. The first-order valence-electron chi connectivity index (χ1n) is 6.78. The van der Waals surface area contributed by atoms with Gasteiger partial charge in [0.1, 0.15) is 11.6 Å². The van der Waals surface area contributed by atoms with Gasteiger partial charge in [0.25, 0.3) is 0 Å². The molecule has 1 fully saturated rings. The Kier molecular flexibility index (Phi) is 5.08. The number of hydrogen-bond acceptors (Lipinski definition) is 1. The number of benzene rings is 1. The number of ketones is 1. The molecule has 0 spiro atoms. The van der Waals surface area contributed by atoms with Crippen molar-refractivity contribution in [1.29, 1.82) is 0 Å². The molecule has 0 atom stereocenters. The first kappa shape index (κ1) is 14.6. The smallest absolute Gasteiger partial charge is 0.168 e. The maximum atomic E-state index is 13.8. The van der Waals surface area contributed by atoms with E-state index in [0.717, 1.165) is 50.7 Å². The molecule has 1 saturated carbocycles. The molecule has 1 aliphatic rings. The average molecular weight is 331 g/mol. The standard InChI is InChI=1S/C15H17BrF2O/c16-12-9-13(17)11(8-14(12)18)15(19)10-6-4-2-1-3-5-7-10/h8-10H,1-7H2. The number of carbonyl (C=O) groups excluding carboxylic acids is 1. The van der Waals surface area contributed by atoms with Crippen LogP contribution in [0.1, 0.15) is 55.3 Å². The van der Waals surface area contributed by atoms with Crippen LogP contribution in [0.2, 0.25) is 0 Å². The van der Waals surface area contributed by atoms with E-state index in [0.29, 0.717) is 0 Å². The highest BCUT2D eigenvalue weighted by atomic mass is 79.9. The van der Waals surface area contributed by atoms with E-state index >= 15 is 0 Å². The average Bonchev–Trinajstić information content (AvgIpc) is 2.32. The molecule has 104 valence electrons. The van der Waals surface area contributed by atoms with Crippen LogP contribution in [0, 0.1) is 17.6 Å². The lowest BCUT2D eigenvalue weighted by Crippen LogP contribution is -2.18. The molecule has 0 amide bonds. The van der Waals surface area contributed by atoms with Gasteiger partial charge in [0, 0.05) is 5.92 Å². The lowest BCUT2D eigenvalue weighted by Gasteiger charge is -2.18. The summed E-state index contributed by atoms with van der Waals surface area (Å²) in [6, 6.07) is 2.05. The molecular weight excluding hydrogens is 314 g/mol. The summed E-state index contributed by atoms with van der Waals surface area (Å²) in [5.41, 5.74) is -0.105. The highest BCUT2D eigenvalue weighted by Gasteiger charge is 2.24. The van der Waals surface area contributed by atoms with Crippen LogP contribution in [-0.2, 0) is 0 Å². The first-order valence-corrected chi connectivity index (χ1v) is 7.57. The van der Waals surface area contributed by atoms with Crippen LogP contribution in [0.25, 0.3) is 0 Å². The van der Waals surface area contributed by atoms with Gasteiger partial charge < -0.3 is 0 Å². The summed E-state index contributed by atoms with van der Waals surface area (Å²) < 4.78 is 27.3. The van der Waals surface area contributed by atoms with Crippen molar-refractivity contribution in [3.63, 3.8) is 0 Å². The van der Waals surface area contributed by atoms with Gasteiger partial charge in [-0.15, -0.1) is 0 Å². The predicted molar refractivity (Wildman–Crippen MR) is 74.2 cm³/mol. The largest absolute Gasteiger partial charge is 0.294 e. The van der Waals surface area contributed by atoms with Gasteiger partial charge in [0.15, 0.2) is 5.78 Å². The van der Waals surface area contributed by atoms with E-state index in [1.807, 2.05) is 0 Å². The zero-order chi connectivity index (χ0) is 13.8. The minimum absolute atomic E-state index is 0.0548. The Labute approximate surface area is 120 Å². The van der Waals surface area contributed by atoms with Crippen molar-refractivity contribution in [2.75, 3.05) is 0 Å². The monoisotopic (exact) mass is 330 g/mol. The molecule has 0 unspecified atom stereocenters. The Balaban J connectivity index is 2.20. The maximum absolute atomic E-state index is 13.8. The minimum atomic E-state index is -0.639. The lowest BCUT2D eigenvalue weighted by molar-refractivity contribution is 0.0893. The van der Waals surface area contributed by atoms with Gasteiger partial charge >= 0.3 is 0 Å². The zero-order valence-electron chi connectivity index (χ0n) is 10.7.